The molecule has 1 atom stereocenters. The summed E-state index contributed by atoms with van der Waals surface area (Å²) in [5.41, 5.74) is 1.32. The van der Waals surface area contributed by atoms with Crippen LogP contribution in [0.2, 0.25) is 0 Å². The van der Waals surface area contributed by atoms with Crippen molar-refractivity contribution in [2.45, 2.75) is 45.6 Å². The van der Waals surface area contributed by atoms with E-state index in [4.69, 9.17) is 4.42 Å². The van der Waals surface area contributed by atoms with Crippen molar-refractivity contribution < 1.29 is 4.42 Å². The molecule has 0 bridgehead atoms. The van der Waals surface area contributed by atoms with E-state index in [1.807, 2.05) is 12.1 Å². The van der Waals surface area contributed by atoms with Gasteiger partial charge in [-0.2, -0.15) is 0 Å². The Morgan fingerprint density at radius 3 is 2.88 bits per heavy atom. The highest BCUT2D eigenvalue weighted by molar-refractivity contribution is 5.01. The van der Waals surface area contributed by atoms with Crippen LogP contribution in [0.25, 0.3) is 0 Å². The van der Waals surface area contributed by atoms with Gasteiger partial charge in [0.1, 0.15) is 5.76 Å². The van der Waals surface area contributed by atoms with Gasteiger partial charge in [0.2, 0.25) is 0 Å². The van der Waals surface area contributed by atoms with Crippen LogP contribution in [0.15, 0.2) is 35.0 Å². The Labute approximate surface area is 98.7 Å². The molecule has 2 heteroatoms. The van der Waals surface area contributed by atoms with Gasteiger partial charge in [-0.1, -0.05) is 26.0 Å². The first-order valence-corrected chi connectivity index (χ1v) is 6.18. The zero-order chi connectivity index (χ0) is 11.8. The second-order valence-corrected chi connectivity index (χ2v) is 4.18. The van der Waals surface area contributed by atoms with Crippen molar-refractivity contribution in [2.75, 3.05) is 6.54 Å². The quantitative estimate of drug-likeness (QED) is 0.679. The molecule has 0 aliphatic rings. The number of aryl methyl sites for hydroxylation is 1. The average Bonchev–Trinajstić information content (AvgIpc) is 2.79. The van der Waals surface area contributed by atoms with Crippen molar-refractivity contribution in [3.63, 3.8) is 0 Å². The van der Waals surface area contributed by atoms with Gasteiger partial charge in [0.25, 0.3) is 0 Å². The molecule has 0 aliphatic heterocycles. The van der Waals surface area contributed by atoms with E-state index < -0.39 is 0 Å². The third-order valence-electron chi connectivity index (χ3n) is 2.85. The predicted molar refractivity (Wildman–Crippen MR) is 68.5 cm³/mol. The molecule has 1 N–H and O–H groups in total. The zero-order valence-electron chi connectivity index (χ0n) is 10.5. The van der Waals surface area contributed by atoms with Gasteiger partial charge in [-0.15, -0.1) is 0 Å². The summed E-state index contributed by atoms with van der Waals surface area (Å²) in [7, 11) is 0. The van der Waals surface area contributed by atoms with E-state index in [1.54, 1.807) is 6.26 Å². The van der Waals surface area contributed by atoms with Crippen LogP contribution in [0.3, 0.4) is 0 Å². The predicted octanol–water partition coefficient (Wildman–Crippen LogP) is 3.55. The van der Waals surface area contributed by atoms with E-state index in [9.17, 15) is 0 Å². The molecular weight excluding hydrogens is 198 g/mol. The molecule has 0 amide bonds. The number of nitrogens with one attached hydrogen (secondary N) is 1. The summed E-state index contributed by atoms with van der Waals surface area (Å²) in [5.74, 6) is 1.07. The first-order valence-electron chi connectivity index (χ1n) is 6.18. The SMILES string of the molecule is C=C(CC)CC(CCc1ccco1)NCC. The molecule has 0 aliphatic carbocycles. The smallest absolute Gasteiger partial charge is 0.103 e. The van der Waals surface area contributed by atoms with Crippen LogP contribution >= 0.6 is 0 Å². The first kappa shape index (κ1) is 13.0. The van der Waals surface area contributed by atoms with Crippen LogP contribution in [0.1, 0.15) is 38.9 Å². The van der Waals surface area contributed by atoms with Gasteiger partial charge < -0.3 is 9.73 Å². The van der Waals surface area contributed by atoms with Crippen molar-refractivity contribution in [1.29, 1.82) is 0 Å². The molecule has 0 saturated heterocycles. The molecule has 1 aromatic rings. The minimum atomic E-state index is 0.530. The van der Waals surface area contributed by atoms with E-state index >= 15 is 0 Å². The summed E-state index contributed by atoms with van der Waals surface area (Å²) in [4.78, 5) is 0. The van der Waals surface area contributed by atoms with E-state index in [0.717, 1.165) is 38.0 Å². The summed E-state index contributed by atoms with van der Waals surface area (Å²) in [6.45, 7) is 9.40. The molecule has 1 heterocycles. The molecule has 16 heavy (non-hydrogen) atoms. The van der Waals surface area contributed by atoms with E-state index in [0.29, 0.717) is 6.04 Å². The minimum absolute atomic E-state index is 0.530. The molecular formula is C14H23NO. The fraction of sp³-hybridized carbons (Fsp3) is 0.571. The highest BCUT2D eigenvalue weighted by Crippen LogP contribution is 2.13. The standard InChI is InChI=1S/C14H23NO/c1-4-12(3)11-13(15-5-2)8-9-14-7-6-10-16-14/h6-7,10,13,15H,3-5,8-9,11H2,1-2H3. The van der Waals surface area contributed by atoms with Crippen molar-refractivity contribution in [3.8, 4) is 0 Å². The van der Waals surface area contributed by atoms with Gasteiger partial charge in [-0.25, -0.2) is 0 Å². The van der Waals surface area contributed by atoms with E-state index in [2.05, 4.69) is 25.7 Å². The molecule has 0 radical (unpaired) electrons. The lowest BCUT2D eigenvalue weighted by molar-refractivity contribution is 0.445. The third kappa shape index (κ3) is 4.67. The molecule has 1 rings (SSSR count). The van der Waals surface area contributed by atoms with Crippen molar-refractivity contribution in [1.82, 2.24) is 5.32 Å². The number of furan rings is 1. The molecule has 0 saturated carbocycles. The maximum atomic E-state index is 5.34. The van der Waals surface area contributed by atoms with Crippen molar-refractivity contribution >= 4 is 0 Å². The normalized spacial score (nSPS) is 12.6. The van der Waals surface area contributed by atoms with E-state index in [-0.39, 0.29) is 0 Å². The molecule has 1 unspecified atom stereocenters. The van der Waals surface area contributed by atoms with Gasteiger partial charge in [0.15, 0.2) is 0 Å². The molecule has 1 aromatic heterocycles. The van der Waals surface area contributed by atoms with Crippen molar-refractivity contribution in [2.24, 2.45) is 0 Å². The maximum absolute atomic E-state index is 5.34. The summed E-state index contributed by atoms with van der Waals surface area (Å²) in [6.07, 6.45) is 6.00. The Balaban J connectivity index is 2.35. The molecule has 2 nitrogen and oxygen atoms in total. The van der Waals surface area contributed by atoms with Crippen LogP contribution < -0.4 is 5.32 Å². The number of hydrogen-bond acceptors (Lipinski definition) is 2. The first-order chi connectivity index (χ1) is 7.76. The third-order valence-corrected chi connectivity index (χ3v) is 2.85. The highest BCUT2D eigenvalue weighted by atomic mass is 16.3. The summed E-state index contributed by atoms with van der Waals surface area (Å²) in [5, 5.41) is 3.51. The lowest BCUT2D eigenvalue weighted by Gasteiger charge is -2.18. The fourth-order valence-electron chi connectivity index (χ4n) is 1.83. The fourth-order valence-corrected chi connectivity index (χ4v) is 1.83. The minimum Gasteiger partial charge on any atom is -0.469 e. The van der Waals surface area contributed by atoms with Gasteiger partial charge in [0, 0.05) is 12.5 Å². The topological polar surface area (TPSA) is 25.2 Å². The Kier molecular flexibility index (Phi) is 5.94. The Morgan fingerprint density at radius 2 is 2.31 bits per heavy atom. The lowest BCUT2D eigenvalue weighted by Crippen LogP contribution is -2.29. The average molecular weight is 221 g/mol. The van der Waals surface area contributed by atoms with Crippen LogP contribution in [-0.4, -0.2) is 12.6 Å². The number of hydrogen-bond donors (Lipinski definition) is 1. The van der Waals surface area contributed by atoms with Gasteiger partial charge in [0.05, 0.1) is 6.26 Å². The van der Waals surface area contributed by atoms with Crippen LogP contribution in [0.4, 0.5) is 0 Å². The Bertz CT molecular complexity index is 290. The zero-order valence-corrected chi connectivity index (χ0v) is 10.5. The Hall–Kier alpha value is -1.02. The second kappa shape index (κ2) is 7.29. The number of rotatable bonds is 8. The molecule has 0 aromatic carbocycles. The van der Waals surface area contributed by atoms with E-state index in [1.165, 1.54) is 5.57 Å². The summed E-state index contributed by atoms with van der Waals surface area (Å²) >= 11 is 0. The monoisotopic (exact) mass is 221 g/mol. The van der Waals surface area contributed by atoms with Crippen LogP contribution in [0, 0.1) is 0 Å². The summed E-state index contributed by atoms with van der Waals surface area (Å²) < 4.78 is 5.34. The van der Waals surface area contributed by atoms with Gasteiger partial charge >= 0.3 is 0 Å². The van der Waals surface area contributed by atoms with Crippen LogP contribution in [-0.2, 0) is 6.42 Å². The highest BCUT2D eigenvalue weighted by Gasteiger charge is 2.09. The van der Waals surface area contributed by atoms with Gasteiger partial charge in [-0.3, -0.25) is 0 Å². The molecule has 0 fully saturated rings. The van der Waals surface area contributed by atoms with Gasteiger partial charge in [-0.05, 0) is 37.9 Å². The van der Waals surface area contributed by atoms with Crippen LogP contribution in [0.5, 0.6) is 0 Å². The Morgan fingerprint density at radius 1 is 1.50 bits per heavy atom. The summed E-state index contributed by atoms with van der Waals surface area (Å²) in [6, 6.07) is 4.52. The molecule has 0 spiro atoms. The lowest BCUT2D eigenvalue weighted by atomic mass is 10.0. The second-order valence-electron chi connectivity index (χ2n) is 4.18. The largest absolute Gasteiger partial charge is 0.469 e. The van der Waals surface area contributed by atoms with Crippen molar-refractivity contribution in [3.05, 3.63) is 36.3 Å². The molecule has 90 valence electrons. The maximum Gasteiger partial charge on any atom is 0.103 e.